The number of aliphatic hydroxyl groups is 1. The van der Waals surface area contributed by atoms with Crippen LogP contribution in [0.25, 0.3) is 10.4 Å². The minimum Gasteiger partial charge on any atom is -0.467 e. The molecule has 0 aliphatic carbocycles. The molecule has 0 aliphatic heterocycles. The minimum absolute atomic E-state index is 0.00398. The molecule has 0 spiro atoms. The molecular formula is C6H7N3O2. The van der Waals surface area contributed by atoms with Crippen LogP contribution in [0.1, 0.15) is 11.9 Å². The molecule has 1 N–H and O–H groups in total. The lowest BCUT2D eigenvalue weighted by Crippen LogP contribution is -1.98. The molecule has 1 atom stereocenters. The fourth-order valence-corrected chi connectivity index (χ4v) is 0.685. The number of azide groups is 1. The number of nitrogens with zero attached hydrogens (tertiary/aromatic N) is 3. The van der Waals surface area contributed by atoms with Crippen LogP contribution in [0.4, 0.5) is 0 Å². The van der Waals surface area contributed by atoms with Crippen molar-refractivity contribution in [3.05, 3.63) is 34.6 Å². The highest BCUT2D eigenvalue weighted by Crippen LogP contribution is 2.12. The molecule has 0 bridgehead atoms. The summed E-state index contributed by atoms with van der Waals surface area (Å²) in [4.78, 5) is 2.51. The van der Waals surface area contributed by atoms with Crippen molar-refractivity contribution in [2.45, 2.75) is 6.10 Å². The van der Waals surface area contributed by atoms with Crippen molar-refractivity contribution in [2.24, 2.45) is 5.11 Å². The van der Waals surface area contributed by atoms with Crippen molar-refractivity contribution < 1.29 is 9.52 Å². The maximum Gasteiger partial charge on any atom is 0.132 e. The highest BCUT2D eigenvalue weighted by atomic mass is 16.4. The Morgan fingerprint density at radius 3 is 3.18 bits per heavy atom. The number of rotatable bonds is 3. The quantitative estimate of drug-likeness (QED) is 0.406. The summed E-state index contributed by atoms with van der Waals surface area (Å²) in [6.45, 7) is 0.00398. The van der Waals surface area contributed by atoms with Gasteiger partial charge in [0.15, 0.2) is 0 Å². The topological polar surface area (TPSA) is 82.1 Å². The summed E-state index contributed by atoms with van der Waals surface area (Å²) in [5.41, 5.74) is 7.93. The summed E-state index contributed by atoms with van der Waals surface area (Å²) in [6, 6.07) is 3.28. The first kappa shape index (κ1) is 7.65. The lowest BCUT2D eigenvalue weighted by molar-refractivity contribution is 0.158. The summed E-state index contributed by atoms with van der Waals surface area (Å²) in [5.74, 6) is 0.414. The summed E-state index contributed by atoms with van der Waals surface area (Å²) in [5, 5.41) is 12.4. The summed E-state index contributed by atoms with van der Waals surface area (Å²) >= 11 is 0. The van der Waals surface area contributed by atoms with E-state index in [-0.39, 0.29) is 6.54 Å². The molecule has 0 aromatic carbocycles. The SMILES string of the molecule is [N-]=[N+]=NC[C@@H](O)c1ccco1. The van der Waals surface area contributed by atoms with Crippen molar-refractivity contribution in [1.82, 2.24) is 0 Å². The van der Waals surface area contributed by atoms with Crippen molar-refractivity contribution in [3.8, 4) is 0 Å². The molecular weight excluding hydrogens is 146 g/mol. The van der Waals surface area contributed by atoms with Gasteiger partial charge in [0.1, 0.15) is 11.9 Å². The van der Waals surface area contributed by atoms with Crippen LogP contribution in [0.5, 0.6) is 0 Å². The Hall–Kier alpha value is -1.45. The lowest BCUT2D eigenvalue weighted by atomic mass is 10.3. The standard InChI is InChI=1S/C6H7N3O2/c7-9-8-4-5(10)6-2-1-3-11-6/h1-3,5,10H,4H2/t5-/m1/s1. The fourth-order valence-electron chi connectivity index (χ4n) is 0.685. The van der Waals surface area contributed by atoms with Gasteiger partial charge >= 0.3 is 0 Å². The summed E-state index contributed by atoms with van der Waals surface area (Å²) in [7, 11) is 0. The Bertz CT molecular complexity index is 251. The molecule has 0 aliphatic rings. The third-order valence-corrected chi connectivity index (χ3v) is 1.19. The molecule has 58 valence electrons. The Labute approximate surface area is 62.9 Å². The first-order valence-corrected chi connectivity index (χ1v) is 3.07. The van der Waals surface area contributed by atoms with Crippen molar-refractivity contribution in [3.63, 3.8) is 0 Å². The molecule has 0 saturated carbocycles. The molecule has 11 heavy (non-hydrogen) atoms. The van der Waals surface area contributed by atoms with Crippen LogP contribution in [0.3, 0.4) is 0 Å². The van der Waals surface area contributed by atoms with E-state index in [0.717, 1.165) is 0 Å². The maximum absolute atomic E-state index is 9.18. The second kappa shape index (κ2) is 3.65. The van der Waals surface area contributed by atoms with Gasteiger partial charge in [0.05, 0.1) is 12.8 Å². The second-order valence-electron chi connectivity index (χ2n) is 1.94. The molecule has 0 radical (unpaired) electrons. The first-order valence-electron chi connectivity index (χ1n) is 3.07. The van der Waals surface area contributed by atoms with E-state index >= 15 is 0 Å². The second-order valence-corrected chi connectivity index (χ2v) is 1.94. The van der Waals surface area contributed by atoms with Gasteiger partial charge in [0.2, 0.25) is 0 Å². The van der Waals surface area contributed by atoms with E-state index in [1.807, 2.05) is 0 Å². The molecule has 1 aromatic heterocycles. The van der Waals surface area contributed by atoms with Gasteiger partial charge < -0.3 is 9.52 Å². The van der Waals surface area contributed by atoms with E-state index in [1.54, 1.807) is 12.1 Å². The average Bonchev–Trinajstić information content (AvgIpc) is 2.52. The van der Waals surface area contributed by atoms with Crippen molar-refractivity contribution in [2.75, 3.05) is 6.54 Å². The molecule has 1 aromatic rings. The highest BCUT2D eigenvalue weighted by Gasteiger charge is 2.07. The Kier molecular flexibility index (Phi) is 2.54. The Morgan fingerprint density at radius 1 is 1.82 bits per heavy atom. The lowest BCUT2D eigenvalue weighted by Gasteiger charge is -2.00. The van der Waals surface area contributed by atoms with Crippen LogP contribution >= 0.6 is 0 Å². The minimum atomic E-state index is -0.833. The summed E-state index contributed by atoms with van der Waals surface area (Å²) in [6.07, 6.45) is 0.621. The van der Waals surface area contributed by atoms with Gasteiger partial charge in [0.25, 0.3) is 0 Å². The molecule has 0 fully saturated rings. The van der Waals surface area contributed by atoms with Crippen LogP contribution in [-0.2, 0) is 0 Å². The molecule has 0 unspecified atom stereocenters. The molecule has 0 saturated heterocycles. The predicted molar refractivity (Wildman–Crippen MR) is 37.7 cm³/mol. The average molecular weight is 153 g/mol. The Balaban J connectivity index is 2.55. The third kappa shape index (κ3) is 2.00. The van der Waals surface area contributed by atoms with Gasteiger partial charge in [-0.05, 0) is 17.7 Å². The zero-order chi connectivity index (χ0) is 8.10. The highest BCUT2D eigenvalue weighted by molar-refractivity contribution is 5.02. The molecule has 1 heterocycles. The van der Waals surface area contributed by atoms with Crippen LogP contribution in [0, 0.1) is 0 Å². The van der Waals surface area contributed by atoms with E-state index in [9.17, 15) is 5.11 Å². The zero-order valence-electron chi connectivity index (χ0n) is 5.71. The van der Waals surface area contributed by atoms with E-state index in [4.69, 9.17) is 9.95 Å². The van der Waals surface area contributed by atoms with Crippen LogP contribution in [-0.4, -0.2) is 11.7 Å². The van der Waals surface area contributed by atoms with E-state index < -0.39 is 6.10 Å². The van der Waals surface area contributed by atoms with Gasteiger partial charge in [-0.3, -0.25) is 0 Å². The van der Waals surface area contributed by atoms with Gasteiger partial charge in [-0.15, -0.1) is 0 Å². The number of aliphatic hydroxyl groups excluding tert-OH is 1. The van der Waals surface area contributed by atoms with Gasteiger partial charge in [0, 0.05) is 4.91 Å². The third-order valence-electron chi connectivity index (χ3n) is 1.19. The van der Waals surface area contributed by atoms with Crippen molar-refractivity contribution in [1.29, 1.82) is 0 Å². The van der Waals surface area contributed by atoms with Gasteiger partial charge in [-0.25, -0.2) is 0 Å². The monoisotopic (exact) mass is 153 g/mol. The zero-order valence-corrected chi connectivity index (χ0v) is 5.71. The number of hydrogen-bond acceptors (Lipinski definition) is 3. The summed E-state index contributed by atoms with van der Waals surface area (Å²) < 4.78 is 4.86. The number of furan rings is 1. The maximum atomic E-state index is 9.18. The van der Waals surface area contributed by atoms with Crippen LogP contribution < -0.4 is 0 Å². The van der Waals surface area contributed by atoms with Crippen LogP contribution in [0.15, 0.2) is 27.9 Å². The Morgan fingerprint density at radius 2 is 2.64 bits per heavy atom. The fraction of sp³-hybridized carbons (Fsp3) is 0.333. The van der Waals surface area contributed by atoms with E-state index in [1.165, 1.54) is 6.26 Å². The smallest absolute Gasteiger partial charge is 0.132 e. The molecule has 0 amide bonds. The first-order chi connectivity index (χ1) is 5.34. The molecule has 1 rings (SSSR count). The predicted octanol–water partition coefficient (Wildman–Crippen LogP) is 1.62. The molecule has 5 nitrogen and oxygen atoms in total. The largest absolute Gasteiger partial charge is 0.467 e. The van der Waals surface area contributed by atoms with E-state index in [0.29, 0.717) is 5.76 Å². The molecule has 5 heteroatoms. The number of hydrogen-bond donors (Lipinski definition) is 1. The van der Waals surface area contributed by atoms with Gasteiger partial charge in [-0.1, -0.05) is 5.11 Å². The normalized spacial score (nSPS) is 12.1. The van der Waals surface area contributed by atoms with Crippen LogP contribution in [0.2, 0.25) is 0 Å². The van der Waals surface area contributed by atoms with Gasteiger partial charge in [-0.2, -0.15) is 0 Å². The van der Waals surface area contributed by atoms with E-state index in [2.05, 4.69) is 10.0 Å². The van der Waals surface area contributed by atoms with Crippen molar-refractivity contribution >= 4 is 0 Å².